The van der Waals surface area contributed by atoms with Gasteiger partial charge in [0.25, 0.3) is 0 Å². The van der Waals surface area contributed by atoms with Crippen LogP contribution in [0.2, 0.25) is 0 Å². The first-order valence-electron chi connectivity index (χ1n) is 6.24. The van der Waals surface area contributed by atoms with E-state index in [9.17, 15) is 8.42 Å². The molecule has 0 atom stereocenters. The monoisotopic (exact) mass is 292 g/mol. The third-order valence-electron chi connectivity index (χ3n) is 3.38. The Balaban J connectivity index is 2.48. The summed E-state index contributed by atoms with van der Waals surface area (Å²) in [6.45, 7) is -0.0999. The van der Waals surface area contributed by atoms with Gasteiger partial charge in [-0.3, -0.25) is 0 Å². The second-order valence-corrected chi connectivity index (χ2v) is 7.30. The second-order valence-electron chi connectivity index (χ2n) is 4.96. The van der Waals surface area contributed by atoms with Gasteiger partial charge in [0.2, 0.25) is 0 Å². The van der Waals surface area contributed by atoms with E-state index in [1.807, 2.05) is 18.2 Å². The van der Waals surface area contributed by atoms with Crippen molar-refractivity contribution in [3.63, 3.8) is 0 Å². The Morgan fingerprint density at radius 1 is 0.950 bits per heavy atom. The van der Waals surface area contributed by atoms with Gasteiger partial charge in [0.1, 0.15) is 10.6 Å². The highest BCUT2D eigenvalue weighted by molar-refractivity contribution is 7.91. The molecule has 0 radical (unpaired) electrons. The quantitative estimate of drug-likeness (QED) is 0.878. The number of para-hydroxylation sites is 1. The Hall–Kier alpha value is -1.69. The van der Waals surface area contributed by atoms with Gasteiger partial charge in [-0.2, -0.15) is 12.3 Å². The van der Waals surface area contributed by atoms with Gasteiger partial charge < -0.3 is 5.11 Å². The number of nitrogens with zero attached hydrogens (tertiary/aromatic N) is 1. The van der Waals surface area contributed by atoms with Crippen LogP contribution in [0.5, 0.6) is 0 Å². The summed E-state index contributed by atoms with van der Waals surface area (Å²) in [7, 11) is -0.274. The molecule has 0 heterocycles. The maximum absolute atomic E-state index is 12.8. The van der Waals surface area contributed by atoms with Gasteiger partial charge in [0.15, 0.2) is 0 Å². The van der Waals surface area contributed by atoms with Crippen molar-refractivity contribution in [2.75, 3.05) is 14.1 Å². The van der Waals surface area contributed by atoms with E-state index < -0.39 is 10.0 Å². The van der Waals surface area contributed by atoms with E-state index in [4.69, 9.17) is 5.11 Å². The third-order valence-corrected chi connectivity index (χ3v) is 5.66. The summed E-state index contributed by atoms with van der Waals surface area (Å²) < 4.78 is 25.3. The summed E-state index contributed by atoms with van der Waals surface area (Å²) in [5, 5.41) is 9.02. The van der Waals surface area contributed by atoms with Crippen molar-refractivity contribution in [3.8, 4) is 0 Å². The van der Waals surface area contributed by atoms with Crippen molar-refractivity contribution in [3.05, 3.63) is 60.2 Å². The number of quaternary nitrogens is 1. The second kappa shape index (κ2) is 5.36. The number of aliphatic hydroxyl groups is 1. The van der Waals surface area contributed by atoms with E-state index in [2.05, 4.69) is 0 Å². The van der Waals surface area contributed by atoms with Crippen LogP contribution in [0.15, 0.2) is 59.5 Å². The molecular formula is C15H18NO3S+. The van der Waals surface area contributed by atoms with E-state index in [0.717, 1.165) is 0 Å². The summed E-state index contributed by atoms with van der Waals surface area (Å²) in [6, 6.07) is 15.4. The third kappa shape index (κ3) is 2.47. The van der Waals surface area contributed by atoms with Gasteiger partial charge in [-0.25, -0.2) is 0 Å². The smallest absolute Gasteiger partial charge is 0.331 e. The Morgan fingerprint density at radius 3 is 2.00 bits per heavy atom. The Bertz CT molecular complexity index is 677. The number of benzene rings is 2. The molecule has 4 nitrogen and oxygen atoms in total. The maximum atomic E-state index is 12.8. The van der Waals surface area contributed by atoms with Crippen molar-refractivity contribution < 1.29 is 13.5 Å². The van der Waals surface area contributed by atoms with Crippen molar-refractivity contribution in [1.82, 2.24) is 3.89 Å². The summed E-state index contributed by atoms with van der Waals surface area (Å²) in [4.78, 5) is 0.239. The van der Waals surface area contributed by atoms with Gasteiger partial charge in [-0.15, -0.1) is 0 Å². The fourth-order valence-electron chi connectivity index (χ4n) is 1.96. The minimum Gasteiger partial charge on any atom is -0.392 e. The molecule has 0 amide bonds. The molecule has 2 aromatic carbocycles. The molecule has 0 unspecified atom stereocenters. The van der Waals surface area contributed by atoms with Crippen LogP contribution in [0.4, 0.5) is 5.69 Å². The largest absolute Gasteiger partial charge is 0.392 e. The Kier molecular flexibility index (Phi) is 3.94. The highest BCUT2D eigenvalue weighted by Crippen LogP contribution is 2.28. The fourth-order valence-corrected chi connectivity index (χ4v) is 3.36. The average Bonchev–Trinajstić information content (AvgIpc) is 2.48. The maximum Gasteiger partial charge on any atom is 0.331 e. The summed E-state index contributed by atoms with van der Waals surface area (Å²) >= 11 is 0. The molecule has 0 fully saturated rings. The molecule has 0 bridgehead atoms. The minimum atomic E-state index is -3.56. The molecule has 1 N–H and O–H groups in total. The number of sulfonamides is 1. The lowest BCUT2D eigenvalue weighted by Gasteiger charge is -2.27. The number of hydrogen-bond acceptors (Lipinski definition) is 3. The van der Waals surface area contributed by atoms with E-state index in [1.54, 1.807) is 38.4 Å². The van der Waals surface area contributed by atoms with Gasteiger partial charge in [-0.05, 0) is 17.7 Å². The molecule has 2 rings (SSSR count). The highest BCUT2D eigenvalue weighted by atomic mass is 32.2. The Morgan fingerprint density at radius 2 is 1.50 bits per heavy atom. The van der Waals surface area contributed by atoms with Gasteiger partial charge in [0.05, 0.1) is 20.7 Å². The van der Waals surface area contributed by atoms with E-state index in [-0.39, 0.29) is 15.4 Å². The van der Waals surface area contributed by atoms with Crippen LogP contribution in [0.1, 0.15) is 5.56 Å². The van der Waals surface area contributed by atoms with Gasteiger partial charge in [0, 0.05) is 12.1 Å². The summed E-state index contributed by atoms with van der Waals surface area (Å²) in [6.07, 6.45) is 0. The molecule has 0 aliphatic carbocycles. The van der Waals surface area contributed by atoms with Crippen molar-refractivity contribution in [1.29, 1.82) is 0 Å². The van der Waals surface area contributed by atoms with Crippen molar-refractivity contribution in [2.24, 2.45) is 0 Å². The van der Waals surface area contributed by atoms with E-state index in [1.165, 1.54) is 12.1 Å². The van der Waals surface area contributed by atoms with Crippen LogP contribution < -0.4 is 3.89 Å². The van der Waals surface area contributed by atoms with E-state index in [0.29, 0.717) is 11.3 Å². The van der Waals surface area contributed by atoms with E-state index >= 15 is 0 Å². The Labute approximate surface area is 119 Å². The molecule has 2 aromatic rings. The number of aliphatic hydroxyl groups excluding tert-OH is 1. The van der Waals surface area contributed by atoms with Crippen LogP contribution in [0.3, 0.4) is 0 Å². The van der Waals surface area contributed by atoms with Crippen LogP contribution in [-0.4, -0.2) is 27.6 Å². The number of rotatable bonds is 4. The first-order valence-corrected chi connectivity index (χ1v) is 7.68. The van der Waals surface area contributed by atoms with Crippen LogP contribution in [0, 0.1) is 0 Å². The van der Waals surface area contributed by atoms with Crippen molar-refractivity contribution >= 4 is 15.7 Å². The molecule has 0 aromatic heterocycles. The molecule has 106 valence electrons. The van der Waals surface area contributed by atoms with Crippen LogP contribution in [0.25, 0.3) is 0 Å². The lowest BCUT2D eigenvalue weighted by molar-refractivity contribution is 0.282. The molecule has 5 heteroatoms. The lowest BCUT2D eigenvalue weighted by Crippen LogP contribution is -2.46. The molecule has 0 saturated heterocycles. The van der Waals surface area contributed by atoms with Crippen LogP contribution in [-0.2, 0) is 16.6 Å². The van der Waals surface area contributed by atoms with Crippen molar-refractivity contribution in [2.45, 2.75) is 11.5 Å². The predicted molar refractivity (Wildman–Crippen MR) is 79.6 cm³/mol. The standard InChI is InChI=1S/C15H18NO3S/c1-16(2,14-6-4-3-5-7-14)20(18,19)15-10-8-13(12-17)9-11-15/h3-11,17H,12H2,1-2H3/q+1. The minimum absolute atomic E-state index is 0.0999. The first-order chi connectivity index (χ1) is 9.39. The summed E-state index contributed by atoms with van der Waals surface area (Å²) in [5.74, 6) is 0. The average molecular weight is 292 g/mol. The molecule has 0 saturated carbocycles. The molecular weight excluding hydrogens is 274 g/mol. The molecule has 0 aliphatic heterocycles. The fraction of sp³-hybridized carbons (Fsp3) is 0.200. The zero-order chi connectivity index (χ0) is 14.8. The van der Waals surface area contributed by atoms with Crippen LogP contribution >= 0.6 is 0 Å². The zero-order valence-electron chi connectivity index (χ0n) is 11.5. The molecule has 0 spiro atoms. The molecule has 0 aliphatic rings. The highest BCUT2D eigenvalue weighted by Gasteiger charge is 2.36. The topological polar surface area (TPSA) is 54.4 Å². The molecule has 20 heavy (non-hydrogen) atoms. The predicted octanol–water partition coefficient (Wildman–Crippen LogP) is 2.13. The lowest BCUT2D eigenvalue weighted by atomic mass is 10.2. The normalized spacial score (nSPS) is 12.3. The van der Waals surface area contributed by atoms with Gasteiger partial charge >= 0.3 is 10.0 Å². The number of hydrogen-bond donors (Lipinski definition) is 1. The SMILES string of the molecule is C[N+](C)(c1ccccc1)S(=O)(=O)c1ccc(CO)cc1. The summed E-state index contributed by atoms with van der Waals surface area (Å²) in [5.41, 5.74) is 1.38. The zero-order valence-corrected chi connectivity index (χ0v) is 12.3. The van der Waals surface area contributed by atoms with Gasteiger partial charge in [-0.1, -0.05) is 30.3 Å². The first kappa shape index (κ1) is 14.7.